The summed E-state index contributed by atoms with van der Waals surface area (Å²) in [4.78, 5) is 59.2. The number of aromatic nitrogens is 1. The van der Waals surface area contributed by atoms with Crippen molar-refractivity contribution in [3.05, 3.63) is 40.8 Å². The average Bonchev–Trinajstić information content (AvgIpc) is 2.65. The first-order chi connectivity index (χ1) is 14.4. The molecule has 0 saturated carbocycles. The summed E-state index contributed by atoms with van der Waals surface area (Å²) in [6.07, 6.45) is 3.44. The zero-order chi connectivity index (χ0) is 23.6. The number of carbonyl (C=O) groups is 4. The van der Waals surface area contributed by atoms with E-state index in [1.807, 2.05) is 0 Å². The lowest BCUT2D eigenvalue weighted by Gasteiger charge is -2.23. The molecular weight excluding hydrogens is 410 g/mol. The van der Waals surface area contributed by atoms with Crippen LogP contribution in [0.15, 0.2) is 35.3 Å². The number of nitrogens with zero attached hydrogens (tertiary/aromatic N) is 1. The van der Waals surface area contributed by atoms with Gasteiger partial charge >= 0.3 is 18.0 Å². The van der Waals surface area contributed by atoms with Gasteiger partial charge in [-0.15, -0.1) is 0 Å². The monoisotopic (exact) mass is 437 g/mol. The Kier molecular flexibility index (Phi) is 9.45. The van der Waals surface area contributed by atoms with E-state index in [9.17, 15) is 24.0 Å². The number of carbonyl (C=O) groups excluding carboxylic acids is 3. The summed E-state index contributed by atoms with van der Waals surface area (Å²) in [5.74, 6) is -2.49. The average molecular weight is 437 g/mol. The van der Waals surface area contributed by atoms with Gasteiger partial charge < -0.3 is 29.8 Å². The van der Waals surface area contributed by atoms with Gasteiger partial charge in [-0.1, -0.05) is 6.08 Å². The van der Waals surface area contributed by atoms with Crippen LogP contribution in [0, 0.1) is 0 Å². The number of aliphatic carboxylic acids is 1. The molecule has 1 atom stereocenters. The van der Waals surface area contributed by atoms with Crippen LogP contribution in [0.2, 0.25) is 0 Å². The first kappa shape index (κ1) is 25.4. The van der Waals surface area contributed by atoms with E-state index in [0.29, 0.717) is 0 Å². The zero-order valence-corrected chi connectivity index (χ0v) is 17.8. The Hall–Kier alpha value is -3.63. The van der Waals surface area contributed by atoms with Gasteiger partial charge in [-0.25, -0.2) is 9.59 Å². The summed E-state index contributed by atoms with van der Waals surface area (Å²) < 4.78 is 10.6. The van der Waals surface area contributed by atoms with Crippen LogP contribution in [0.1, 0.15) is 33.6 Å². The molecule has 1 aromatic heterocycles. The van der Waals surface area contributed by atoms with E-state index < -0.39 is 47.7 Å². The molecule has 0 saturated heterocycles. The number of ether oxygens (including phenoxy) is 2. The Morgan fingerprint density at radius 2 is 1.94 bits per heavy atom. The summed E-state index contributed by atoms with van der Waals surface area (Å²) in [6.45, 7) is 4.42. The van der Waals surface area contributed by atoms with E-state index in [4.69, 9.17) is 9.84 Å². The molecule has 1 heterocycles. The molecule has 1 aromatic rings. The van der Waals surface area contributed by atoms with Crippen molar-refractivity contribution in [1.29, 1.82) is 0 Å². The topological polar surface area (TPSA) is 153 Å². The van der Waals surface area contributed by atoms with Crippen molar-refractivity contribution in [3.63, 3.8) is 0 Å². The number of allylic oxidation sites excluding steroid dienone is 1. The highest BCUT2D eigenvalue weighted by Gasteiger charge is 2.24. The highest BCUT2D eigenvalue weighted by Crippen LogP contribution is 2.09. The fourth-order valence-corrected chi connectivity index (χ4v) is 2.35. The summed E-state index contributed by atoms with van der Waals surface area (Å²) in [5, 5.41) is 13.7. The van der Waals surface area contributed by atoms with Gasteiger partial charge in [-0.2, -0.15) is 0 Å². The number of hydrogen-bond acceptors (Lipinski definition) is 7. The zero-order valence-electron chi connectivity index (χ0n) is 17.8. The third-order valence-corrected chi connectivity index (χ3v) is 3.67. The smallest absolute Gasteiger partial charge is 0.408 e. The second-order valence-corrected chi connectivity index (χ2v) is 7.44. The van der Waals surface area contributed by atoms with Crippen molar-refractivity contribution >= 4 is 29.6 Å². The Bertz CT molecular complexity index is 898. The molecule has 0 bridgehead atoms. The number of carboxylic acids is 1. The maximum absolute atomic E-state index is 12.7. The van der Waals surface area contributed by atoms with E-state index in [2.05, 4.69) is 15.4 Å². The number of carboxylic acid groups (broad SMARTS) is 1. The Labute approximate surface area is 179 Å². The number of hydrogen-bond donors (Lipinski definition) is 3. The molecule has 0 aliphatic carbocycles. The number of rotatable bonds is 9. The molecule has 31 heavy (non-hydrogen) atoms. The minimum absolute atomic E-state index is 0.0920. The number of anilines is 1. The summed E-state index contributed by atoms with van der Waals surface area (Å²) in [7, 11) is 1.23. The van der Waals surface area contributed by atoms with Crippen molar-refractivity contribution in [3.8, 4) is 0 Å². The van der Waals surface area contributed by atoms with Crippen LogP contribution in [0.3, 0.4) is 0 Å². The molecule has 1 rings (SSSR count). The van der Waals surface area contributed by atoms with E-state index in [1.165, 1.54) is 37.6 Å². The number of methoxy groups -OCH3 is 1. The second kappa shape index (κ2) is 11.5. The Morgan fingerprint density at radius 1 is 1.26 bits per heavy atom. The molecule has 3 N–H and O–H groups in total. The number of esters is 1. The van der Waals surface area contributed by atoms with Crippen molar-refractivity contribution in [2.24, 2.45) is 0 Å². The molecule has 170 valence electrons. The number of nitrogens with one attached hydrogen (secondary N) is 2. The quantitative estimate of drug-likeness (QED) is 0.386. The molecule has 11 nitrogen and oxygen atoms in total. The predicted molar refractivity (Wildman–Crippen MR) is 111 cm³/mol. The number of pyridine rings is 1. The van der Waals surface area contributed by atoms with Crippen LogP contribution in [0.5, 0.6) is 0 Å². The van der Waals surface area contributed by atoms with Crippen LogP contribution in [-0.2, 0) is 30.4 Å². The second-order valence-electron chi connectivity index (χ2n) is 7.44. The van der Waals surface area contributed by atoms with Gasteiger partial charge in [-0.3, -0.25) is 14.4 Å². The molecule has 11 heteroatoms. The maximum atomic E-state index is 12.7. The Balaban J connectivity index is 2.97. The van der Waals surface area contributed by atoms with Crippen LogP contribution < -0.4 is 16.2 Å². The summed E-state index contributed by atoms with van der Waals surface area (Å²) in [6, 6.07) is 1.64. The van der Waals surface area contributed by atoms with E-state index in [1.54, 1.807) is 20.8 Å². The van der Waals surface area contributed by atoms with Crippen LogP contribution in [0.25, 0.3) is 0 Å². The minimum Gasteiger partial charge on any atom is -0.480 e. The third kappa shape index (κ3) is 9.61. The first-order valence-electron chi connectivity index (χ1n) is 9.39. The first-order valence-corrected chi connectivity index (χ1v) is 9.39. The van der Waals surface area contributed by atoms with E-state index in [-0.39, 0.29) is 18.5 Å². The molecule has 0 aliphatic rings. The van der Waals surface area contributed by atoms with Gasteiger partial charge in [0, 0.05) is 12.3 Å². The molecule has 2 amide bonds. The van der Waals surface area contributed by atoms with Crippen molar-refractivity contribution < 1.29 is 33.8 Å². The van der Waals surface area contributed by atoms with Crippen LogP contribution in [-0.4, -0.2) is 52.4 Å². The molecule has 0 radical (unpaired) electrons. The van der Waals surface area contributed by atoms with Crippen molar-refractivity contribution in [1.82, 2.24) is 9.88 Å². The number of alkyl carbamates (subject to hydrolysis) is 1. The molecule has 0 spiro atoms. The largest absolute Gasteiger partial charge is 0.480 e. The minimum atomic E-state index is -1.22. The van der Waals surface area contributed by atoms with Crippen molar-refractivity contribution in [2.45, 2.75) is 51.8 Å². The fourth-order valence-electron chi connectivity index (χ4n) is 2.35. The van der Waals surface area contributed by atoms with Gasteiger partial charge in [0.1, 0.15) is 23.9 Å². The van der Waals surface area contributed by atoms with Gasteiger partial charge in [0.15, 0.2) is 0 Å². The van der Waals surface area contributed by atoms with E-state index >= 15 is 0 Å². The lowest BCUT2D eigenvalue weighted by atomic mass is 10.1. The molecular formula is C20H27N3O8. The highest BCUT2D eigenvalue weighted by molar-refractivity contribution is 5.96. The Morgan fingerprint density at radius 3 is 2.52 bits per heavy atom. The van der Waals surface area contributed by atoms with Crippen LogP contribution >= 0.6 is 0 Å². The summed E-state index contributed by atoms with van der Waals surface area (Å²) >= 11 is 0. The standard InChI is InChI=1S/C20H27N3O8/c1-20(2,3)31-19(29)22-13(8-5-6-10-16(26)30-4)17(27)21-14-9-7-11-23(18(14)28)12-15(24)25/h6-7,9-11,13H,5,8,12H2,1-4H3,(H,21,27)(H,22,29)(H,24,25)/t13-/m0/s1. The highest BCUT2D eigenvalue weighted by atomic mass is 16.6. The lowest BCUT2D eigenvalue weighted by molar-refractivity contribution is -0.138. The predicted octanol–water partition coefficient (Wildman–Crippen LogP) is 1.27. The van der Waals surface area contributed by atoms with E-state index in [0.717, 1.165) is 4.57 Å². The third-order valence-electron chi connectivity index (χ3n) is 3.67. The normalized spacial score (nSPS) is 12.1. The fraction of sp³-hybridized carbons (Fsp3) is 0.450. The summed E-state index contributed by atoms with van der Waals surface area (Å²) in [5.41, 5.74) is -1.64. The molecule has 0 unspecified atom stereocenters. The van der Waals surface area contributed by atoms with Crippen LogP contribution in [0.4, 0.5) is 10.5 Å². The lowest BCUT2D eigenvalue weighted by Crippen LogP contribution is -2.46. The number of amides is 2. The maximum Gasteiger partial charge on any atom is 0.408 e. The van der Waals surface area contributed by atoms with Gasteiger partial charge in [-0.05, 0) is 45.7 Å². The van der Waals surface area contributed by atoms with Gasteiger partial charge in [0.25, 0.3) is 5.56 Å². The van der Waals surface area contributed by atoms with Gasteiger partial charge in [0.05, 0.1) is 7.11 Å². The SMILES string of the molecule is COC(=O)C=CCC[C@H](NC(=O)OC(C)(C)C)C(=O)Nc1cccn(CC(=O)O)c1=O. The molecule has 0 aromatic carbocycles. The van der Waals surface area contributed by atoms with Crippen molar-refractivity contribution in [2.75, 3.05) is 12.4 Å². The molecule has 0 aliphatic heterocycles. The molecule has 0 fully saturated rings. The van der Waals surface area contributed by atoms with Gasteiger partial charge in [0.2, 0.25) is 5.91 Å².